The molecule has 1 unspecified atom stereocenters. The van der Waals surface area contributed by atoms with Crippen molar-refractivity contribution in [2.75, 3.05) is 19.5 Å². The molecule has 30 heavy (non-hydrogen) atoms. The summed E-state index contributed by atoms with van der Waals surface area (Å²) in [4.78, 5) is 33.6. The van der Waals surface area contributed by atoms with E-state index in [1.54, 1.807) is 13.8 Å². The summed E-state index contributed by atoms with van der Waals surface area (Å²) in [5, 5.41) is 7.58. The predicted molar refractivity (Wildman–Crippen MR) is 97.2 cm³/mol. The third kappa shape index (κ3) is 4.94. The van der Waals surface area contributed by atoms with Crippen molar-refractivity contribution in [3.63, 3.8) is 0 Å². The van der Waals surface area contributed by atoms with Gasteiger partial charge in [-0.1, -0.05) is 5.16 Å². The Morgan fingerprint density at radius 1 is 1.53 bits per heavy atom. The number of nitrogens with one attached hydrogen (secondary N) is 1. The zero-order chi connectivity index (χ0) is 21.6. The summed E-state index contributed by atoms with van der Waals surface area (Å²) >= 11 is 1.06. The summed E-state index contributed by atoms with van der Waals surface area (Å²) in [6.45, 7) is 3.10. The minimum absolute atomic E-state index is 0. The van der Waals surface area contributed by atoms with Crippen molar-refractivity contribution in [3.8, 4) is 0 Å². The summed E-state index contributed by atoms with van der Waals surface area (Å²) in [5.74, 6) is -3.01. The fourth-order valence-corrected chi connectivity index (χ4v) is 4.48. The van der Waals surface area contributed by atoms with Crippen LogP contribution in [0.15, 0.2) is 10.5 Å². The molecular formula is C14H18N5NaO8S2. The molecule has 16 heteroatoms. The molecule has 1 aromatic rings. The van der Waals surface area contributed by atoms with Gasteiger partial charge in [0.05, 0.1) is 6.61 Å². The van der Waals surface area contributed by atoms with E-state index in [1.807, 2.05) is 0 Å². The van der Waals surface area contributed by atoms with Crippen LogP contribution in [-0.2, 0) is 34.2 Å². The van der Waals surface area contributed by atoms with Crippen molar-refractivity contribution in [2.45, 2.75) is 37.8 Å². The summed E-state index contributed by atoms with van der Waals surface area (Å²) < 4.78 is 45.7. The fourth-order valence-electron chi connectivity index (χ4n) is 3.04. The van der Waals surface area contributed by atoms with Crippen LogP contribution in [0.4, 0.5) is 5.13 Å². The number of nitrogens with two attached hydrogens (primary N) is 1. The first kappa shape index (κ1) is 24.9. The molecule has 3 N–H and O–H groups in total. The largest absolute Gasteiger partial charge is 1.00 e. The number of anilines is 1. The summed E-state index contributed by atoms with van der Waals surface area (Å²) in [6.07, 6.45) is -0.950. The number of amides is 2. The number of nitrogens with zero attached hydrogens (tertiary/aromatic N) is 3. The Balaban J connectivity index is 0.00000320. The first-order valence-electron chi connectivity index (χ1n) is 8.19. The molecule has 1 aromatic heterocycles. The monoisotopic (exact) mass is 471 g/mol. The number of rotatable bonds is 6. The normalized spacial score (nSPS) is 26.0. The van der Waals surface area contributed by atoms with E-state index in [0.29, 0.717) is 0 Å². The van der Waals surface area contributed by atoms with E-state index in [4.69, 9.17) is 15.2 Å². The average Bonchev–Trinajstić information content (AvgIpc) is 3.18. The van der Waals surface area contributed by atoms with E-state index in [9.17, 15) is 22.6 Å². The molecule has 3 rings (SSSR count). The summed E-state index contributed by atoms with van der Waals surface area (Å²) in [6, 6.07) is -2.63. The topological polar surface area (TPSA) is 186 Å². The van der Waals surface area contributed by atoms with Gasteiger partial charge in [-0.15, -0.1) is 11.3 Å². The number of thiazole rings is 1. The second-order valence-electron chi connectivity index (χ2n) is 6.59. The Morgan fingerprint density at radius 2 is 2.20 bits per heavy atom. The Morgan fingerprint density at radius 3 is 2.67 bits per heavy atom. The molecular weight excluding hydrogens is 453 g/mol. The molecule has 0 aromatic carbocycles. The number of nitrogen functional groups attached to an aromatic ring is 1. The van der Waals surface area contributed by atoms with Crippen molar-refractivity contribution >= 4 is 44.3 Å². The molecule has 13 nitrogen and oxygen atoms in total. The number of β-lactam (4-membered cyclic amide) rings is 1. The number of hydrogen-bond acceptors (Lipinski definition) is 12. The number of oxime groups is 1. The molecule has 2 fully saturated rings. The first-order valence-corrected chi connectivity index (χ1v) is 10.4. The smallest absolute Gasteiger partial charge is 0.731 e. The molecule has 0 spiro atoms. The molecule has 3 heterocycles. The second kappa shape index (κ2) is 9.04. The number of ether oxygens (including phenoxy) is 2. The van der Waals surface area contributed by atoms with Crippen LogP contribution in [0.2, 0.25) is 0 Å². The van der Waals surface area contributed by atoms with Gasteiger partial charge in [0.15, 0.2) is 26.9 Å². The maximum Gasteiger partial charge on any atom is 1.00 e. The van der Waals surface area contributed by atoms with E-state index in [2.05, 4.69) is 20.3 Å². The molecule has 3 atom stereocenters. The van der Waals surface area contributed by atoms with E-state index in [1.165, 1.54) is 12.5 Å². The first-order chi connectivity index (χ1) is 13.4. The maximum atomic E-state index is 12.7. The minimum Gasteiger partial charge on any atom is -0.731 e. The van der Waals surface area contributed by atoms with Crippen LogP contribution in [0.25, 0.3) is 0 Å². The Labute approximate surface area is 198 Å². The molecule has 2 saturated heterocycles. The summed E-state index contributed by atoms with van der Waals surface area (Å²) in [7, 11) is -3.92. The summed E-state index contributed by atoms with van der Waals surface area (Å²) in [5.41, 5.74) is 5.38. The average molecular weight is 471 g/mol. The van der Waals surface area contributed by atoms with Crippen molar-refractivity contribution in [2.24, 2.45) is 5.16 Å². The van der Waals surface area contributed by atoms with Crippen molar-refractivity contribution in [1.82, 2.24) is 14.6 Å². The van der Waals surface area contributed by atoms with E-state index in [0.717, 1.165) is 11.3 Å². The predicted octanol–water partition coefficient (Wildman–Crippen LogP) is -4.61. The van der Waals surface area contributed by atoms with Gasteiger partial charge in [-0.3, -0.25) is 9.59 Å². The van der Waals surface area contributed by atoms with Crippen LogP contribution in [0.1, 0.15) is 19.5 Å². The van der Waals surface area contributed by atoms with Crippen LogP contribution in [0.3, 0.4) is 0 Å². The fraction of sp³-hybridized carbons (Fsp3) is 0.571. The number of carbonyl (C=O) groups is 2. The van der Waals surface area contributed by atoms with Gasteiger partial charge in [0.1, 0.15) is 31.0 Å². The van der Waals surface area contributed by atoms with Crippen LogP contribution < -0.4 is 40.6 Å². The molecule has 0 aliphatic carbocycles. The SMILES string of the molecule is CO/N=C(\C(=O)N[C@@H]1C(=O)N(S(=O)(=O)[O-])[C@@H]1C1COC(C)(C)O1)c1csc(N)n1.[Na+]. The van der Waals surface area contributed by atoms with Gasteiger partial charge < -0.3 is 29.9 Å². The quantitative estimate of drug-likeness (QED) is 0.134. The van der Waals surface area contributed by atoms with Crippen molar-refractivity contribution < 1.29 is 66.4 Å². The van der Waals surface area contributed by atoms with E-state index < -0.39 is 46.1 Å². The van der Waals surface area contributed by atoms with Crippen molar-refractivity contribution in [1.29, 1.82) is 0 Å². The molecule has 0 saturated carbocycles. The van der Waals surface area contributed by atoms with E-state index >= 15 is 0 Å². The van der Waals surface area contributed by atoms with Crippen LogP contribution in [-0.4, -0.2) is 77.5 Å². The number of hydrogen-bond donors (Lipinski definition) is 2. The Hall–Kier alpha value is -1.33. The second-order valence-corrected chi connectivity index (χ2v) is 8.73. The third-order valence-corrected chi connectivity index (χ3v) is 5.78. The van der Waals surface area contributed by atoms with Gasteiger partial charge in [0.25, 0.3) is 11.8 Å². The Kier molecular flexibility index (Phi) is 7.51. The van der Waals surface area contributed by atoms with Crippen LogP contribution in [0.5, 0.6) is 0 Å². The van der Waals surface area contributed by atoms with Gasteiger partial charge in [-0.25, -0.2) is 17.7 Å². The van der Waals surface area contributed by atoms with Gasteiger partial charge in [-0.2, -0.15) is 0 Å². The maximum absolute atomic E-state index is 12.7. The minimum atomic E-state index is -5.12. The molecule has 0 radical (unpaired) electrons. The van der Waals surface area contributed by atoms with Gasteiger partial charge in [0, 0.05) is 5.38 Å². The molecule has 2 amide bonds. The van der Waals surface area contributed by atoms with Crippen molar-refractivity contribution in [3.05, 3.63) is 11.1 Å². The van der Waals surface area contributed by atoms with Gasteiger partial charge in [-0.05, 0) is 13.8 Å². The van der Waals surface area contributed by atoms with Gasteiger partial charge >= 0.3 is 29.6 Å². The molecule has 0 bridgehead atoms. The van der Waals surface area contributed by atoms with Crippen LogP contribution >= 0.6 is 11.3 Å². The zero-order valence-corrected chi connectivity index (χ0v) is 20.2. The van der Waals surface area contributed by atoms with E-state index in [-0.39, 0.29) is 57.0 Å². The molecule has 2 aliphatic rings. The standard InChI is InChI=1S/C14H19N5O8S2.Na/c1-14(2)26-4-7(27-14)10-9(12(21)19(10)29(22,23)24)17-11(20)8(18-25-3)6-5-28-13(15)16-6;/h5,7,9-10H,4H2,1-3H3,(H2,15,16)(H,17,20)(H,22,23,24);/q;+1/p-1/b18-8-;/t7?,9-,10+;/m0./s1. The van der Waals surface area contributed by atoms with Crippen LogP contribution in [0, 0.1) is 0 Å². The molecule has 2 aliphatic heterocycles. The van der Waals surface area contributed by atoms with Gasteiger partial charge in [0.2, 0.25) is 0 Å². The molecule has 160 valence electrons. The Bertz CT molecular complexity index is 965. The number of carbonyl (C=O) groups excluding carboxylic acids is 2. The number of aromatic nitrogens is 1. The third-order valence-electron chi connectivity index (χ3n) is 4.20. The zero-order valence-electron chi connectivity index (χ0n) is 16.5.